The molecule has 1 amide bonds. The Morgan fingerprint density at radius 2 is 1.83 bits per heavy atom. The summed E-state index contributed by atoms with van der Waals surface area (Å²) in [6.07, 6.45) is 0. The second kappa shape index (κ2) is 3.29. The molecule has 2 nitrogen and oxygen atoms in total. The SMILES string of the molecule is CC(C)C1(C(C)C)NC(=O)CS1. The fraction of sp³-hybridized carbons (Fsp3) is 0.889. The Hall–Kier alpha value is -0.180. The predicted molar refractivity (Wildman–Crippen MR) is 53.0 cm³/mol. The number of thioether (sulfide) groups is 1. The maximum Gasteiger partial charge on any atom is 0.231 e. The van der Waals surface area contributed by atoms with Gasteiger partial charge in [0.1, 0.15) is 0 Å². The van der Waals surface area contributed by atoms with Crippen molar-refractivity contribution in [2.24, 2.45) is 11.8 Å². The van der Waals surface area contributed by atoms with E-state index < -0.39 is 0 Å². The average Bonchev–Trinajstić information content (AvgIpc) is 2.32. The molecule has 0 aromatic heterocycles. The zero-order valence-corrected chi connectivity index (χ0v) is 8.99. The number of hydrogen-bond donors (Lipinski definition) is 1. The third-order valence-electron chi connectivity index (χ3n) is 2.49. The standard InChI is InChI=1S/C9H17NOS/c1-6(2)9(7(3)4)10-8(11)5-12-9/h6-7H,5H2,1-4H3,(H,10,11). The van der Waals surface area contributed by atoms with Crippen LogP contribution in [0, 0.1) is 11.8 Å². The van der Waals surface area contributed by atoms with Gasteiger partial charge in [0.05, 0.1) is 10.6 Å². The van der Waals surface area contributed by atoms with Crippen LogP contribution in [0.2, 0.25) is 0 Å². The van der Waals surface area contributed by atoms with Gasteiger partial charge < -0.3 is 5.32 Å². The first kappa shape index (κ1) is 9.90. The quantitative estimate of drug-likeness (QED) is 0.715. The second-order valence-electron chi connectivity index (χ2n) is 3.94. The molecule has 1 aliphatic rings. The molecule has 1 rings (SSSR count). The first-order valence-corrected chi connectivity index (χ1v) is 5.42. The minimum atomic E-state index is -0.0168. The van der Waals surface area contributed by atoms with Gasteiger partial charge in [-0.2, -0.15) is 0 Å². The Morgan fingerprint density at radius 1 is 1.33 bits per heavy atom. The number of carbonyl (C=O) groups is 1. The van der Waals surface area contributed by atoms with Crippen LogP contribution in [0.1, 0.15) is 27.7 Å². The lowest BCUT2D eigenvalue weighted by molar-refractivity contribution is -0.119. The topological polar surface area (TPSA) is 29.1 Å². The molecule has 1 aliphatic heterocycles. The molecule has 3 heteroatoms. The van der Waals surface area contributed by atoms with Crippen molar-refractivity contribution in [1.29, 1.82) is 0 Å². The highest BCUT2D eigenvalue weighted by atomic mass is 32.2. The van der Waals surface area contributed by atoms with Crippen molar-refractivity contribution in [2.45, 2.75) is 32.6 Å². The van der Waals surface area contributed by atoms with Crippen molar-refractivity contribution in [3.63, 3.8) is 0 Å². The van der Waals surface area contributed by atoms with Crippen molar-refractivity contribution in [2.75, 3.05) is 5.75 Å². The van der Waals surface area contributed by atoms with Crippen LogP contribution in [-0.4, -0.2) is 16.5 Å². The van der Waals surface area contributed by atoms with E-state index in [4.69, 9.17) is 0 Å². The van der Waals surface area contributed by atoms with E-state index in [1.165, 1.54) is 0 Å². The minimum absolute atomic E-state index is 0.0168. The zero-order valence-electron chi connectivity index (χ0n) is 8.18. The van der Waals surface area contributed by atoms with Gasteiger partial charge in [0, 0.05) is 0 Å². The van der Waals surface area contributed by atoms with Crippen LogP contribution < -0.4 is 5.32 Å². The van der Waals surface area contributed by atoms with Crippen LogP contribution >= 0.6 is 11.8 Å². The van der Waals surface area contributed by atoms with Crippen LogP contribution in [0.25, 0.3) is 0 Å². The number of amides is 1. The van der Waals surface area contributed by atoms with E-state index in [1.54, 1.807) is 11.8 Å². The van der Waals surface area contributed by atoms with Crippen LogP contribution in [0.5, 0.6) is 0 Å². The molecule has 0 spiro atoms. The van der Waals surface area contributed by atoms with Crippen molar-refractivity contribution in [3.8, 4) is 0 Å². The zero-order chi connectivity index (χ0) is 9.35. The van der Waals surface area contributed by atoms with Crippen LogP contribution in [0.3, 0.4) is 0 Å². The first-order chi connectivity index (χ1) is 5.49. The molecule has 0 saturated carbocycles. The number of nitrogens with one attached hydrogen (secondary N) is 1. The molecule has 0 radical (unpaired) electrons. The Labute approximate surface area is 78.5 Å². The largest absolute Gasteiger partial charge is 0.340 e. The van der Waals surface area contributed by atoms with Crippen molar-refractivity contribution in [3.05, 3.63) is 0 Å². The van der Waals surface area contributed by atoms with E-state index in [-0.39, 0.29) is 10.8 Å². The first-order valence-electron chi connectivity index (χ1n) is 4.44. The van der Waals surface area contributed by atoms with Gasteiger partial charge in [-0.25, -0.2) is 0 Å². The molecule has 70 valence electrons. The Kier molecular flexibility index (Phi) is 2.71. The summed E-state index contributed by atoms with van der Waals surface area (Å²) in [6, 6.07) is 0. The summed E-state index contributed by atoms with van der Waals surface area (Å²) < 4.78 is 0. The van der Waals surface area contributed by atoms with Crippen molar-refractivity contribution < 1.29 is 4.79 Å². The third-order valence-corrected chi connectivity index (χ3v) is 4.42. The molecule has 0 bridgehead atoms. The molecule has 0 aliphatic carbocycles. The van der Waals surface area contributed by atoms with Gasteiger partial charge in [0.15, 0.2) is 0 Å². The highest BCUT2D eigenvalue weighted by Gasteiger charge is 2.43. The molecule has 0 unspecified atom stereocenters. The Balaban J connectivity index is 2.81. The second-order valence-corrected chi connectivity index (χ2v) is 5.19. The monoisotopic (exact) mass is 187 g/mol. The lowest BCUT2D eigenvalue weighted by Gasteiger charge is -2.36. The third kappa shape index (κ3) is 1.47. The number of rotatable bonds is 2. The molecular weight excluding hydrogens is 170 g/mol. The summed E-state index contributed by atoms with van der Waals surface area (Å²) in [5.74, 6) is 1.79. The van der Waals surface area contributed by atoms with Crippen LogP contribution in [0.15, 0.2) is 0 Å². The molecule has 0 aromatic carbocycles. The molecule has 1 saturated heterocycles. The predicted octanol–water partition coefficient (Wildman–Crippen LogP) is 1.86. The van der Waals surface area contributed by atoms with E-state index in [2.05, 4.69) is 33.0 Å². The van der Waals surface area contributed by atoms with Gasteiger partial charge in [0.2, 0.25) is 5.91 Å². The van der Waals surface area contributed by atoms with Gasteiger partial charge in [-0.3, -0.25) is 4.79 Å². The minimum Gasteiger partial charge on any atom is -0.340 e. The van der Waals surface area contributed by atoms with E-state index in [1.807, 2.05) is 0 Å². The van der Waals surface area contributed by atoms with Crippen molar-refractivity contribution >= 4 is 17.7 Å². The maximum atomic E-state index is 11.1. The highest BCUT2D eigenvalue weighted by Crippen LogP contribution is 2.40. The number of hydrogen-bond acceptors (Lipinski definition) is 2. The summed E-state index contributed by atoms with van der Waals surface area (Å²) in [6.45, 7) is 8.66. The van der Waals surface area contributed by atoms with Gasteiger partial charge in [-0.05, 0) is 11.8 Å². The lowest BCUT2D eigenvalue weighted by atomic mass is 9.92. The summed E-state index contributed by atoms with van der Waals surface area (Å²) in [5.41, 5.74) is 0. The van der Waals surface area contributed by atoms with E-state index in [0.717, 1.165) is 0 Å². The summed E-state index contributed by atoms with van der Waals surface area (Å²) in [4.78, 5) is 11.1. The lowest BCUT2D eigenvalue weighted by Crippen LogP contribution is -2.48. The van der Waals surface area contributed by atoms with Crippen LogP contribution in [-0.2, 0) is 4.79 Å². The summed E-state index contributed by atoms with van der Waals surface area (Å²) in [5, 5.41) is 3.09. The van der Waals surface area contributed by atoms with E-state index >= 15 is 0 Å². The molecule has 1 fully saturated rings. The van der Waals surface area contributed by atoms with E-state index in [9.17, 15) is 4.79 Å². The number of carbonyl (C=O) groups excluding carboxylic acids is 1. The molecule has 1 N–H and O–H groups in total. The van der Waals surface area contributed by atoms with Gasteiger partial charge in [-0.15, -0.1) is 11.8 Å². The molecule has 0 atom stereocenters. The van der Waals surface area contributed by atoms with Crippen molar-refractivity contribution in [1.82, 2.24) is 5.32 Å². The summed E-state index contributed by atoms with van der Waals surface area (Å²) in [7, 11) is 0. The maximum absolute atomic E-state index is 11.1. The van der Waals surface area contributed by atoms with Gasteiger partial charge >= 0.3 is 0 Å². The van der Waals surface area contributed by atoms with E-state index in [0.29, 0.717) is 17.6 Å². The molecule has 12 heavy (non-hydrogen) atoms. The normalized spacial score (nSPS) is 22.0. The summed E-state index contributed by atoms with van der Waals surface area (Å²) >= 11 is 1.75. The Bertz CT molecular complexity index is 181. The van der Waals surface area contributed by atoms with Crippen LogP contribution in [0.4, 0.5) is 0 Å². The smallest absolute Gasteiger partial charge is 0.231 e. The Morgan fingerprint density at radius 3 is 2.00 bits per heavy atom. The van der Waals surface area contributed by atoms with Gasteiger partial charge in [-0.1, -0.05) is 27.7 Å². The fourth-order valence-electron chi connectivity index (χ4n) is 1.76. The highest BCUT2D eigenvalue weighted by molar-refractivity contribution is 8.01. The fourth-order valence-corrected chi connectivity index (χ4v) is 3.06. The molecule has 1 heterocycles. The van der Waals surface area contributed by atoms with Gasteiger partial charge in [0.25, 0.3) is 0 Å². The molecule has 0 aromatic rings. The molecular formula is C9H17NOS. The average molecular weight is 187 g/mol.